The summed E-state index contributed by atoms with van der Waals surface area (Å²) in [6, 6.07) is 0. The highest BCUT2D eigenvalue weighted by Crippen LogP contribution is 2.74. The molecule has 17 N–H and O–H groups in total. The predicted octanol–water partition coefficient (Wildman–Crippen LogP) is -5.79. The van der Waals surface area contributed by atoms with Gasteiger partial charge in [-0.2, -0.15) is 0 Å². The van der Waals surface area contributed by atoms with E-state index in [0.29, 0.717) is 51.4 Å². The van der Waals surface area contributed by atoms with Crippen LogP contribution in [0.15, 0.2) is 12.2 Å². The zero-order valence-corrected chi connectivity index (χ0v) is 48.1. The number of aliphatic hydroxyl groups is 17. The smallest absolute Gasteiger partial charge is 0.314 e. The summed E-state index contributed by atoms with van der Waals surface area (Å²) < 4.78 is 61.3. The number of ether oxygens (including phenoxy) is 10. The second-order valence-corrected chi connectivity index (χ2v) is 26.5. The Morgan fingerprint density at radius 1 is 0.524 bits per heavy atom. The number of hydrogen-bond donors (Lipinski definition) is 17. The highest BCUT2D eigenvalue weighted by atomic mass is 16.8. The second kappa shape index (κ2) is 25.1. The van der Waals surface area contributed by atoms with E-state index in [1.807, 2.05) is 13.8 Å². The number of esters is 1. The van der Waals surface area contributed by atoms with E-state index in [1.54, 1.807) is 0 Å². The molecule has 4 aliphatic carbocycles. The number of rotatable bonds is 17. The normalized spacial score (nSPS) is 54.3. The van der Waals surface area contributed by atoms with Crippen molar-refractivity contribution in [3.05, 3.63) is 12.2 Å². The van der Waals surface area contributed by atoms with Crippen LogP contribution in [-0.4, -0.2) is 297 Å². The lowest BCUT2D eigenvalue weighted by Crippen LogP contribution is -2.69. The maximum absolute atomic E-state index is 15.2. The van der Waals surface area contributed by atoms with E-state index < -0.39 is 231 Å². The number of aliphatic hydroxyl groups excluding tert-OH is 17. The van der Waals surface area contributed by atoms with Crippen LogP contribution < -0.4 is 0 Å². The first-order valence-electron chi connectivity index (χ1n) is 29.5. The fraction of sp³-hybridized carbons (Fsp3) is 0.946. The fourth-order valence-electron chi connectivity index (χ4n) is 16.1. The Hall–Kier alpha value is -1.83. The van der Waals surface area contributed by atoms with Gasteiger partial charge in [0.15, 0.2) is 18.7 Å². The number of hydrogen-bond acceptors (Lipinski definition) is 28. The number of carbonyl (C=O) groups is 1. The van der Waals surface area contributed by atoms with Gasteiger partial charge in [-0.25, -0.2) is 0 Å². The Kier molecular flexibility index (Phi) is 19.9. The summed E-state index contributed by atoms with van der Waals surface area (Å²) >= 11 is 0. The molecule has 0 amide bonds. The Morgan fingerprint density at radius 3 is 1.57 bits per heavy atom. The first-order chi connectivity index (χ1) is 39.5. The predicted molar refractivity (Wildman–Crippen MR) is 280 cm³/mol. The van der Waals surface area contributed by atoms with Crippen molar-refractivity contribution in [2.45, 2.75) is 251 Å². The molecule has 28 heteroatoms. The summed E-state index contributed by atoms with van der Waals surface area (Å²) in [4.78, 5) is 15.2. The summed E-state index contributed by atoms with van der Waals surface area (Å²) in [5.74, 6) is -1.74. The molecule has 10 aliphatic rings. The lowest BCUT2D eigenvalue weighted by atomic mass is 9.36. The van der Waals surface area contributed by atoms with Gasteiger partial charge in [-0.1, -0.05) is 33.8 Å². The van der Waals surface area contributed by atoms with Crippen LogP contribution in [0, 0.1) is 33.5 Å². The highest BCUT2D eigenvalue weighted by molar-refractivity contribution is 5.78. The maximum atomic E-state index is 15.2. The number of carbonyl (C=O) groups excluding carboxylic acids is 1. The summed E-state index contributed by atoms with van der Waals surface area (Å²) in [6.45, 7) is 10.2. The quantitative estimate of drug-likeness (QED) is 0.0476. The van der Waals surface area contributed by atoms with Crippen LogP contribution in [0.1, 0.15) is 92.4 Å². The monoisotopic (exact) mass is 1210 g/mol. The molecule has 6 saturated heterocycles. The van der Waals surface area contributed by atoms with Crippen molar-refractivity contribution in [1.82, 2.24) is 0 Å². The van der Waals surface area contributed by atoms with Gasteiger partial charge < -0.3 is 134 Å². The van der Waals surface area contributed by atoms with Crippen molar-refractivity contribution < 1.29 is 139 Å². The highest BCUT2D eigenvalue weighted by Gasteiger charge is 2.71. The molecule has 0 aromatic carbocycles. The second-order valence-electron chi connectivity index (χ2n) is 26.5. The van der Waals surface area contributed by atoms with Crippen LogP contribution in [-0.2, 0) is 52.2 Å². The minimum Gasteiger partial charge on any atom is -0.432 e. The van der Waals surface area contributed by atoms with Gasteiger partial charge in [0.1, 0.15) is 115 Å². The van der Waals surface area contributed by atoms with Crippen molar-refractivity contribution in [3.8, 4) is 0 Å². The molecule has 28 nitrogen and oxygen atoms in total. The lowest BCUT2D eigenvalue weighted by molar-refractivity contribution is -0.364. The van der Waals surface area contributed by atoms with E-state index in [0.717, 1.165) is 5.57 Å². The maximum Gasteiger partial charge on any atom is 0.314 e. The molecule has 4 saturated carbocycles. The Morgan fingerprint density at radius 2 is 1.02 bits per heavy atom. The zero-order valence-electron chi connectivity index (χ0n) is 48.1. The van der Waals surface area contributed by atoms with Crippen molar-refractivity contribution in [2.24, 2.45) is 33.5 Å². The van der Waals surface area contributed by atoms with Crippen molar-refractivity contribution in [2.75, 3.05) is 46.2 Å². The summed E-state index contributed by atoms with van der Waals surface area (Å²) in [5.41, 5.74) is -5.09. The van der Waals surface area contributed by atoms with E-state index in [-0.39, 0.29) is 18.9 Å². The van der Waals surface area contributed by atoms with Gasteiger partial charge in [0, 0.05) is 5.92 Å². The standard InChI is InChI=1S/C56H92O28/c1-23-14-51(2)12-13-55(6)52(3,9-7-10-53(55,4)50(74)84-49-45(41(70)36(65)28(19-60)81-49)83-48-43(72)40(69)35(64)27(18-59)80-48)31(51)8-11-54(23,5)75-22-30-44(82-47-42(71)39(68)34(63)26(17-58)79-47)24-15-56(46(24)73,32(20-61)78-30)76-21-29-37(66)38(67)33(62)25(16-57)77-29/h24-49,57-73H,1,7-22H2,2-6H3/t24?,25?,26?,27?,28?,29-,30-,31+,32?,33+,34+,35+,36+,37?,38?,39?,40?,41?,42?,43?,44?,45?,46-,47-,48-,49-,51+,52-,53-,54+,55?,56?/m0/s1. The van der Waals surface area contributed by atoms with E-state index in [2.05, 4.69) is 27.4 Å². The van der Waals surface area contributed by atoms with Gasteiger partial charge in [0.2, 0.25) is 6.29 Å². The third-order valence-corrected chi connectivity index (χ3v) is 22.1. The molecule has 0 aromatic heterocycles. The van der Waals surface area contributed by atoms with Gasteiger partial charge in [0.05, 0.1) is 69.5 Å². The van der Waals surface area contributed by atoms with E-state index in [4.69, 9.17) is 47.4 Å². The minimum atomic E-state index is -1.93. The van der Waals surface area contributed by atoms with Gasteiger partial charge in [0.25, 0.3) is 0 Å². The molecule has 484 valence electrons. The minimum absolute atomic E-state index is 0.0817. The average molecular weight is 1210 g/mol. The number of fused-ring (bicyclic) bond motifs is 6. The molecule has 17 unspecified atom stereocenters. The van der Waals surface area contributed by atoms with Gasteiger partial charge >= 0.3 is 5.97 Å². The third kappa shape index (κ3) is 11.1. The SMILES string of the molecule is C=C1C[C@@]2(C)CCC3(C)[C@](C)(C(=O)O[C@@H]4OC(CO)[C@@H](O)C(O)C4O[C@@H]4OC(CO)[C@@H](O)C(O)C4O)CCC[C@@]3(C)[C@@H]2CC[C@@]1(C)OC[C@@H]1OC(CO)C2(OC[C@@H]3OC(CO)[C@@H](O)C(O)C3O)CC(C1O[C@@H]1OC(CO)[C@@H](O)C(O)C1O)[C@@H]2O. The third-order valence-electron chi connectivity index (χ3n) is 22.1. The van der Waals surface area contributed by atoms with Crippen LogP contribution in [0.2, 0.25) is 0 Å². The Balaban J connectivity index is 0.949. The van der Waals surface area contributed by atoms with Crippen molar-refractivity contribution in [1.29, 1.82) is 0 Å². The largest absolute Gasteiger partial charge is 0.432 e. The van der Waals surface area contributed by atoms with E-state index >= 15 is 4.79 Å². The Bertz CT molecular complexity index is 2270. The van der Waals surface area contributed by atoms with Crippen molar-refractivity contribution in [3.63, 3.8) is 0 Å². The van der Waals surface area contributed by atoms with Gasteiger partial charge in [-0.15, -0.1) is 0 Å². The molecule has 0 spiro atoms. The molecule has 0 aromatic rings. The molecule has 10 fully saturated rings. The van der Waals surface area contributed by atoms with E-state index in [9.17, 15) is 86.8 Å². The molecular formula is C56H92O28. The molecule has 6 heterocycles. The fourth-order valence-corrected chi connectivity index (χ4v) is 16.1. The lowest BCUT2D eigenvalue weighted by Gasteiger charge is -2.68. The molecule has 32 atom stereocenters. The molecule has 0 radical (unpaired) electrons. The van der Waals surface area contributed by atoms with Crippen molar-refractivity contribution >= 4 is 5.97 Å². The summed E-state index contributed by atoms with van der Waals surface area (Å²) in [5, 5.41) is 181. The van der Waals surface area contributed by atoms with Crippen LogP contribution in [0.3, 0.4) is 0 Å². The molecule has 2 bridgehead atoms. The van der Waals surface area contributed by atoms with Crippen LogP contribution >= 0.6 is 0 Å². The van der Waals surface area contributed by atoms with Crippen LogP contribution in [0.25, 0.3) is 0 Å². The summed E-state index contributed by atoms with van der Waals surface area (Å²) in [6.07, 6.45) is -34.8. The molecule has 84 heavy (non-hydrogen) atoms. The van der Waals surface area contributed by atoms with Gasteiger partial charge in [-0.05, 0) is 93.0 Å². The van der Waals surface area contributed by atoms with Crippen LogP contribution in [0.5, 0.6) is 0 Å². The first-order valence-corrected chi connectivity index (χ1v) is 29.5. The first kappa shape index (κ1) is 66.6. The average Bonchev–Trinajstić information content (AvgIpc) is 1.41. The van der Waals surface area contributed by atoms with E-state index in [1.165, 1.54) is 0 Å². The molecule has 10 rings (SSSR count). The topological polar surface area (TPSA) is 453 Å². The zero-order chi connectivity index (χ0) is 61.6. The Labute approximate surface area is 486 Å². The molecular weight excluding hydrogens is 1120 g/mol. The van der Waals surface area contributed by atoms with Gasteiger partial charge in [-0.3, -0.25) is 4.79 Å². The summed E-state index contributed by atoms with van der Waals surface area (Å²) in [7, 11) is 0. The molecule has 6 aliphatic heterocycles. The van der Waals surface area contributed by atoms with Crippen LogP contribution in [0.4, 0.5) is 0 Å².